The second kappa shape index (κ2) is 6.17. The molecule has 1 aliphatic heterocycles. The number of nitrogens with one attached hydrogen (secondary N) is 1. The predicted molar refractivity (Wildman–Crippen MR) is 73.7 cm³/mol. The lowest BCUT2D eigenvalue weighted by Gasteiger charge is -2.26. The first-order valence-corrected chi connectivity index (χ1v) is 7.14. The van der Waals surface area contributed by atoms with Crippen LogP contribution in [0.25, 0.3) is 0 Å². The third-order valence-electron chi connectivity index (χ3n) is 2.95. The molecule has 1 saturated heterocycles. The highest BCUT2D eigenvalue weighted by atomic mass is 32.2. The number of hydrogen-bond acceptors (Lipinski definition) is 4. The summed E-state index contributed by atoms with van der Waals surface area (Å²) >= 11 is 1.83. The smallest absolute Gasteiger partial charge is 0.120 e. The molecule has 0 aromatic heterocycles. The summed E-state index contributed by atoms with van der Waals surface area (Å²) in [6.45, 7) is 5.04. The fraction of sp³-hybridized carbons (Fsp3) is 0.538. The average molecular weight is 252 g/mol. The van der Waals surface area contributed by atoms with Crippen molar-refractivity contribution in [3.05, 3.63) is 18.2 Å². The van der Waals surface area contributed by atoms with Gasteiger partial charge in [-0.25, -0.2) is 0 Å². The molecule has 1 aliphatic rings. The minimum atomic E-state index is 0.696. The first-order valence-electron chi connectivity index (χ1n) is 6.15. The molecule has 17 heavy (non-hydrogen) atoms. The van der Waals surface area contributed by atoms with Gasteiger partial charge in [0.25, 0.3) is 0 Å². The van der Waals surface area contributed by atoms with Gasteiger partial charge in [-0.3, -0.25) is 0 Å². The second-order valence-electron chi connectivity index (χ2n) is 4.29. The molecule has 3 nitrogen and oxygen atoms in total. The summed E-state index contributed by atoms with van der Waals surface area (Å²) < 4.78 is 5.48. The van der Waals surface area contributed by atoms with E-state index in [-0.39, 0.29) is 0 Å². The number of thioether (sulfide) groups is 1. The predicted octanol–water partition coefficient (Wildman–Crippen LogP) is 2.37. The number of nitrogen functional groups attached to an aromatic ring is 1. The Balaban J connectivity index is 1.86. The molecule has 0 atom stereocenters. The summed E-state index contributed by atoms with van der Waals surface area (Å²) in [5, 5.41) is 3.29. The highest BCUT2D eigenvalue weighted by Crippen LogP contribution is 2.30. The zero-order valence-corrected chi connectivity index (χ0v) is 11.1. The lowest BCUT2D eigenvalue weighted by molar-refractivity contribution is 0.339. The molecular weight excluding hydrogens is 232 g/mol. The van der Waals surface area contributed by atoms with E-state index in [0.29, 0.717) is 6.61 Å². The van der Waals surface area contributed by atoms with Crippen molar-refractivity contribution in [2.75, 3.05) is 31.2 Å². The highest BCUT2D eigenvalue weighted by molar-refractivity contribution is 7.99. The Labute approximate surface area is 107 Å². The lowest BCUT2D eigenvalue weighted by atomic mass is 10.0. The van der Waals surface area contributed by atoms with E-state index in [1.807, 2.05) is 36.9 Å². The number of anilines is 1. The van der Waals surface area contributed by atoms with Crippen molar-refractivity contribution in [3.8, 4) is 5.75 Å². The normalized spacial score (nSPS) is 15.6. The molecule has 0 spiro atoms. The van der Waals surface area contributed by atoms with Crippen molar-refractivity contribution in [1.82, 2.24) is 5.32 Å². The van der Waals surface area contributed by atoms with Crippen molar-refractivity contribution in [2.24, 2.45) is 5.92 Å². The summed E-state index contributed by atoms with van der Waals surface area (Å²) in [4.78, 5) is 1.14. The van der Waals surface area contributed by atoms with Gasteiger partial charge in [0, 0.05) is 10.6 Å². The fourth-order valence-electron chi connectivity index (χ4n) is 1.78. The van der Waals surface area contributed by atoms with Gasteiger partial charge in [0.05, 0.1) is 6.61 Å². The van der Waals surface area contributed by atoms with Crippen LogP contribution in [0.5, 0.6) is 5.75 Å². The zero-order chi connectivity index (χ0) is 12.1. The maximum atomic E-state index is 5.96. The van der Waals surface area contributed by atoms with Crippen molar-refractivity contribution < 1.29 is 4.74 Å². The Bertz CT molecular complexity index is 366. The van der Waals surface area contributed by atoms with Crippen molar-refractivity contribution in [3.63, 3.8) is 0 Å². The molecule has 3 N–H and O–H groups in total. The van der Waals surface area contributed by atoms with Crippen LogP contribution in [0.2, 0.25) is 0 Å². The fourth-order valence-corrected chi connectivity index (χ4v) is 2.89. The summed E-state index contributed by atoms with van der Waals surface area (Å²) in [5.41, 5.74) is 6.81. The van der Waals surface area contributed by atoms with Crippen LogP contribution >= 0.6 is 11.8 Å². The second-order valence-corrected chi connectivity index (χ2v) is 5.43. The molecule has 0 saturated carbocycles. The Kier molecular flexibility index (Phi) is 4.57. The van der Waals surface area contributed by atoms with E-state index < -0.39 is 0 Å². The number of hydrogen-bond donors (Lipinski definition) is 2. The van der Waals surface area contributed by atoms with Crippen LogP contribution < -0.4 is 15.8 Å². The van der Waals surface area contributed by atoms with Crippen molar-refractivity contribution in [1.29, 1.82) is 0 Å². The maximum absolute atomic E-state index is 5.96. The molecule has 0 amide bonds. The highest BCUT2D eigenvalue weighted by Gasteiger charge is 2.16. The van der Waals surface area contributed by atoms with Gasteiger partial charge in [0.15, 0.2) is 0 Å². The topological polar surface area (TPSA) is 47.3 Å². The van der Waals surface area contributed by atoms with Crippen LogP contribution in [0, 0.1) is 5.92 Å². The minimum absolute atomic E-state index is 0.696. The molecule has 1 heterocycles. The van der Waals surface area contributed by atoms with E-state index >= 15 is 0 Å². The third kappa shape index (κ3) is 3.54. The molecule has 2 rings (SSSR count). The lowest BCUT2D eigenvalue weighted by Crippen LogP contribution is -2.42. The zero-order valence-electron chi connectivity index (χ0n) is 10.2. The first kappa shape index (κ1) is 12.6. The molecule has 1 aromatic rings. The van der Waals surface area contributed by atoms with E-state index in [1.165, 1.54) is 19.5 Å². The van der Waals surface area contributed by atoms with Gasteiger partial charge in [0.2, 0.25) is 0 Å². The molecule has 4 heteroatoms. The van der Waals surface area contributed by atoms with Gasteiger partial charge in [-0.2, -0.15) is 0 Å². The monoisotopic (exact) mass is 252 g/mol. The van der Waals surface area contributed by atoms with Gasteiger partial charge in [-0.1, -0.05) is 0 Å². The Morgan fingerprint density at radius 3 is 2.94 bits per heavy atom. The molecule has 94 valence electrons. The molecule has 0 aliphatic carbocycles. The van der Waals surface area contributed by atoms with E-state index in [0.717, 1.165) is 28.0 Å². The Hall–Kier alpha value is -0.870. The molecule has 1 aromatic carbocycles. The van der Waals surface area contributed by atoms with Crippen LogP contribution in [0.3, 0.4) is 0 Å². The molecule has 0 bridgehead atoms. The summed E-state index contributed by atoms with van der Waals surface area (Å²) in [6.07, 6.45) is 1.26. The largest absolute Gasteiger partial charge is 0.494 e. The summed E-state index contributed by atoms with van der Waals surface area (Å²) in [5.74, 6) is 2.90. The standard InChI is InChI=1S/C13H20N2OS/c1-2-16-11-3-4-12(14)13(7-11)17-6-5-10-8-15-9-10/h3-4,7,10,15H,2,5-6,8-9,14H2,1H3. The molecule has 0 unspecified atom stereocenters. The number of benzene rings is 1. The van der Waals surface area contributed by atoms with E-state index in [4.69, 9.17) is 10.5 Å². The maximum Gasteiger partial charge on any atom is 0.120 e. The van der Waals surface area contributed by atoms with Crippen molar-refractivity contribution >= 4 is 17.4 Å². The van der Waals surface area contributed by atoms with Gasteiger partial charge in [-0.05, 0) is 56.3 Å². The molecular formula is C13H20N2OS. The van der Waals surface area contributed by atoms with Crippen molar-refractivity contribution in [2.45, 2.75) is 18.2 Å². The molecule has 0 radical (unpaired) electrons. The van der Waals surface area contributed by atoms with Gasteiger partial charge in [-0.15, -0.1) is 11.8 Å². The quantitative estimate of drug-likeness (QED) is 0.603. The van der Waals surface area contributed by atoms with Gasteiger partial charge in [0.1, 0.15) is 5.75 Å². The minimum Gasteiger partial charge on any atom is -0.494 e. The van der Waals surface area contributed by atoms with Crippen LogP contribution in [0.4, 0.5) is 5.69 Å². The van der Waals surface area contributed by atoms with E-state index in [2.05, 4.69) is 5.32 Å². The average Bonchev–Trinajstić information content (AvgIpc) is 2.26. The van der Waals surface area contributed by atoms with Gasteiger partial charge >= 0.3 is 0 Å². The molecule has 1 fully saturated rings. The summed E-state index contributed by atoms with van der Waals surface area (Å²) in [7, 11) is 0. The first-order chi connectivity index (χ1) is 8.29. The summed E-state index contributed by atoms with van der Waals surface area (Å²) in [6, 6.07) is 5.90. The van der Waals surface area contributed by atoms with Gasteiger partial charge < -0.3 is 15.8 Å². The Morgan fingerprint density at radius 2 is 2.29 bits per heavy atom. The SMILES string of the molecule is CCOc1ccc(N)c(SCCC2CNC2)c1. The number of nitrogens with two attached hydrogens (primary N) is 1. The van der Waals surface area contributed by atoms with Crippen LogP contribution in [0.1, 0.15) is 13.3 Å². The van der Waals surface area contributed by atoms with Crippen LogP contribution in [-0.2, 0) is 0 Å². The number of ether oxygens (including phenoxy) is 1. The van der Waals surface area contributed by atoms with E-state index in [1.54, 1.807) is 0 Å². The van der Waals surface area contributed by atoms with E-state index in [9.17, 15) is 0 Å². The van der Waals surface area contributed by atoms with Crippen LogP contribution in [-0.4, -0.2) is 25.4 Å². The van der Waals surface area contributed by atoms with Crippen LogP contribution in [0.15, 0.2) is 23.1 Å². The third-order valence-corrected chi connectivity index (χ3v) is 4.05. The Morgan fingerprint density at radius 1 is 1.47 bits per heavy atom. The number of rotatable bonds is 6.